The van der Waals surface area contributed by atoms with E-state index in [0.29, 0.717) is 6.92 Å². The fraction of sp³-hybridized carbons (Fsp3) is 0.875. The number of rotatable bonds is 5. The van der Waals surface area contributed by atoms with Gasteiger partial charge in [0.15, 0.2) is 0 Å². The lowest BCUT2D eigenvalue weighted by Crippen LogP contribution is -2.33. The first kappa shape index (κ1) is 14.0. The number of hydrogen-bond acceptors (Lipinski definition) is 1. The van der Waals surface area contributed by atoms with Crippen LogP contribution in [-0.2, 0) is 4.65 Å². The lowest BCUT2D eigenvalue weighted by Gasteiger charge is -2.35. The van der Waals surface area contributed by atoms with Crippen molar-refractivity contribution in [1.82, 2.24) is 0 Å². The Morgan fingerprint density at radius 1 is 0.944 bits per heavy atom. The van der Waals surface area contributed by atoms with Crippen LogP contribution in [0, 0.1) is 0 Å². The van der Waals surface area contributed by atoms with Gasteiger partial charge in [-0.25, -0.2) is 0 Å². The molecular formula is C16H29BO. The summed E-state index contributed by atoms with van der Waals surface area (Å²) in [5.41, 5.74) is 0. The minimum atomic E-state index is 0.484. The van der Waals surface area contributed by atoms with Gasteiger partial charge in [0.05, 0.1) is 5.76 Å². The van der Waals surface area contributed by atoms with Crippen molar-refractivity contribution in [2.75, 3.05) is 0 Å². The molecule has 0 aliphatic heterocycles. The van der Waals surface area contributed by atoms with Gasteiger partial charge in [-0.3, -0.25) is 0 Å². The zero-order valence-corrected chi connectivity index (χ0v) is 12.1. The van der Waals surface area contributed by atoms with Gasteiger partial charge in [-0.2, -0.15) is 0 Å². The molecule has 2 heteroatoms. The smallest absolute Gasteiger partial charge is 0.363 e. The quantitative estimate of drug-likeness (QED) is 0.455. The summed E-state index contributed by atoms with van der Waals surface area (Å²) in [6.07, 6.45) is 15.0. The zero-order chi connectivity index (χ0) is 12.8. The monoisotopic (exact) mass is 248 g/mol. The summed E-state index contributed by atoms with van der Waals surface area (Å²) in [5.74, 6) is 2.63. The summed E-state index contributed by atoms with van der Waals surface area (Å²) in [6, 6.07) is 0. The van der Waals surface area contributed by atoms with Gasteiger partial charge >= 0.3 is 6.92 Å². The molecule has 0 aromatic heterocycles. The molecule has 0 aromatic rings. The molecule has 2 aliphatic carbocycles. The van der Waals surface area contributed by atoms with Crippen molar-refractivity contribution in [1.29, 1.82) is 0 Å². The van der Waals surface area contributed by atoms with Crippen LogP contribution < -0.4 is 0 Å². The fourth-order valence-corrected chi connectivity index (χ4v) is 3.78. The van der Waals surface area contributed by atoms with Crippen LogP contribution in [0.2, 0.25) is 11.6 Å². The molecule has 2 saturated carbocycles. The van der Waals surface area contributed by atoms with Crippen LogP contribution in [0.1, 0.15) is 77.6 Å². The SMILES string of the molecule is C=C(CC)OB(C1CCCCC1)C1CCCCC1. The molecule has 0 atom stereocenters. The average Bonchev–Trinajstić information content (AvgIpc) is 2.46. The Kier molecular flexibility index (Phi) is 5.65. The highest BCUT2D eigenvalue weighted by Crippen LogP contribution is 2.42. The summed E-state index contributed by atoms with van der Waals surface area (Å²) in [6.45, 7) is 6.72. The van der Waals surface area contributed by atoms with Crippen LogP contribution in [-0.4, -0.2) is 6.92 Å². The first-order chi connectivity index (χ1) is 8.81. The molecule has 0 bridgehead atoms. The third-order valence-electron chi connectivity index (χ3n) is 4.93. The van der Waals surface area contributed by atoms with Gasteiger partial charge in [-0.1, -0.05) is 77.7 Å². The van der Waals surface area contributed by atoms with E-state index >= 15 is 0 Å². The molecule has 2 fully saturated rings. The van der Waals surface area contributed by atoms with Crippen molar-refractivity contribution < 1.29 is 4.65 Å². The first-order valence-electron chi connectivity index (χ1n) is 8.15. The Hall–Kier alpha value is -0.395. The third kappa shape index (κ3) is 3.80. The van der Waals surface area contributed by atoms with Crippen molar-refractivity contribution in [3.8, 4) is 0 Å². The molecule has 0 aromatic carbocycles. The second-order valence-electron chi connectivity index (χ2n) is 6.27. The van der Waals surface area contributed by atoms with Crippen molar-refractivity contribution >= 4 is 6.92 Å². The summed E-state index contributed by atoms with van der Waals surface area (Å²) >= 11 is 0. The second-order valence-corrected chi connectivity index (χ2v) is 6.27. The summed E-state index contributed by atoms with van der Waals surface area (Å²) in [5, 5.41) is 0. The van der Waals surface area contributed by atoms with E-state index < -0.39 is 0 Å². The van der Waals surface area contributed by atoms with E-state index in [0.717, 1.165) is 23.8 Å². The normalized spacial score (nSPS) is 22.7. The molecule has 0 N–H and O–H groups in total. The van der Waals surface area contributed by atoms with Gasteiger partial charge in [-0.05, 0) is 18.1 Å². The Bertz CT molecular complexity index is 234. The molecule has 0 unspecified atom stereocenters. The van der Waals surface area contributed by atoms with E-state index in [-0.39, 0.29) is 0 Å². The van der Waals surface area contributed by atoms with Crippen molar-refractivity contribution in [2.24, 2.45) is 0 Å². The molecule has 1 nitrogen and oxygen atoms in total. The van der Waals surface area contributed by atoms with Crippen molar-refractivity contribution in [3.05, 3.63) is 12.3 Å². The van der Waals surface area contributed by atoms with Crippen molar-refractivity contribution in [2.45, 2.75) is 89.2 Å². The van der Waals surface area contributed by atoms with Crippen LogP contribution in [0.4, 0.5) is 0 Å². The van der Waals surface area contributed by atoms with Gasteiger partial charge in [-0.15, -0.1) is 0 Å². The summed E-state index contributed by atoms with van der Waals surface area (Å²) in [4.78, 5) is 0. The molecule has 2 aliphatic rings. The highest BCUT2D eigenvalue weighted by molar-refractivity contribution is 6.55. The molecule has 0 heterocycles. The Morgan fingerprint density at radius 2 is 1.39 bits per heavy atom. The van der Waals surface area contributed by atoms with Crippen LogP contribution in [0.3, 0.4) is 0 Å². The summed E-state index contributed by atoms with van der Waals surface area (Å²) in [7, 11) is 0. The van der Waals surface area contributed by atoms with E-state index in [9.17, 15) is 0 Å². The predicted molar refractivity (Wildman–Crippen MR) is 79.9 cm³/mol. The first-order valence-corrected chi connectivity index (χ1v) is 8.15. The van der Waals surface area contributed by atoms with E-state index in [4.69, 9.17) is 4.65 Å². The van der Waals surface area contributed by atoms with Gasteiger partial charge in [0.2, 0.25) is 0 Å². The van der Waals surface area contributed by atoms with Gasteiger partial charge in [0.25, 0.3) is 0 Å². The molecule has 0 amide bonds. The van der Waals surface area contributed by atoms with Gasteiger partial charge < -0.3 is 4.65 Å². The highest BCUT2D eigenvalue weighted by Gasteiger charge is 2.38. The van der Waals surface area contributed by atoms with Crippen LogP contribution in [0.25, 0.3) is 0 Å². The lowest BCUT2D eigenvalue weighted by molar-refractivity contribution is 0.347. The maximum atomic E-state index is 6.28. The van der Waals surface area contributed by atoms with E-state index in [2.05, 4.69) is 13.5 Å². The third-order valence-corrected chi connectivity index (χ3v) is 4.93. The number of hydrogen-bond donors (Lipinski definition) is 0. The minimum absolute atomic E-state index is 0.484. The van der Waals surface area contributed by atoms with Crippen molar-refractivity contribution in [3.63, 3.8) is 0 Å². The van der Waals surface area contributed by atoms with E-state index in [1.807, 2.05) is 0 Å². The van der Waals surface area contributed by atoms with Crippen LogP contribution in [0.5, 0.6) is 0 Å². The Labute approximate surface area is 113 Å². The minimum Gasteiger partial charge on any atom is -0.563 e. The van der Waals surface area contributed by atoms with Gasteiger partial charge in [0, 0.05) is 0 Å². The van der Waals surface area contributed by atoms with Crippen LogP contribution in [0.15, 0.2) is 12.3 Å². The lowest BCUT2D eigenvalue weighted by atomic mass is 9.42. The molecule has 0 spiro atoms. The average molecular weight is 248 g/mol. The maximum Gasteiger partial charge on any atom is 0.363 e. The molecule has 102 valence electrons. The van der Waals surface area contributed by atoms with Gasteiger partial charge in [0.1, 0.15) is 0 Å². The molecule has 2 rings (SSSR count). The largest absolute Gasteiger partial charge is 0.563 e. The Balaban J connectivity index is 1.97. The van der Waals surface area contributed by atoms with E-state index in [1.54, 1.807) is 0 Å². The maximum absolute atomic E-state index is 6.28. The topological polar surface area (TPSA) is 9.23 Å². The predicted octanol–water partition coefficient (Wildman–Crippen LogP) is 5.59. The second kappa shape index (κ2) is 7.26. The van der Waals surface area contributed by atoms with E-state index in [1.165, 1.54) is 64.2 Å². The summed E-state index contributed by atoms with van der Waals surface area (Å²) < 4.78 is 6.28. The highest BCUT2D eigenvalue weighted by atomic mass is 16.4. The molecule has 0 radical (unpaired) electrons. The van der Waals surface area contributed by atoms with Crippen LogP contribution >= 0.6 is 0 Å². The standard InChI is InChI=1S/C16H29BO/c1-3-14(2)18-17(15-10-6-4-7-11-15)16-12-8-5-9-13-16/h15-16H,2-13H2,1H3. The molecule has 0 saturated heterocycles. The molecular weight excluding hydrogens is 219 g/mol. The molecule has 18 heavy (non-hydrogen) atoms. The Morgan fingerprint density at radius 3 is 1.78 bits per heavy atom. The zero-order valence-electron chi connectivity index (χ0n) is 12.1. The fourth-order valence-electron chi connectivity index (χ4n) is 3.78. The number of allylic oxidation sites excluding steroid dienone is 1.